The van der Waals surface area contributed by atoms with Crippen LogP contribution in [0.5, 0.6) is 11.5 Å². The number of nitrogens with one attached hydrogen (secondary N) is 1. The smallest absolute Gasteiger partial charge is 0.231 e. The molecule has 138 valence electrons. The molecule has 0 aliphatic carbocycles. The summed E-state index contributed by atoms with van der Waals surface area (Å²) in [4.78, 5) is 6.62. The van der Waals surface area contributed by atoms with Crippen molar-refractivity contribution in [3.8, 4) is 11.5 Å². The zero-order valence-corrected chi connectivity index (χ0v) is 15.3. The van der Waals surface area contributed by atoms with Crippen LogP contribution in [0.1, 0.15) is 24.8 Å². The molecule has 0 amide bonds. The van der Waals surface area contributed by atoms with E-state index in [2.05, 4.69) is 34.4 Å². The van der Waals surface area contributed by atoms with Gasteiger partial charge in [0.25, 0.3) is 0 Å². The van der Waals surface area contributed by atoms with Gasteiger partial charge in [-0.25, -0.2) is 0 Å². The first-order chi connectivity index (χ1) is 12.3. The maximum absolute atomic E-state index is 5.43. The van der Waals surface area contributed by atoms with Gasteiger partial charge in [-0.1, -0.05) is 6.07 Å². The zero-order chi connectivity index (χ0) is 17.5. The van der Waals surface area contributed by atoms with Gasteiger partial charge in [0.15, 0.2) is 17.5 Å². The summed E-state index contributed by atoms with van der Waals surface area (Å²) in [5.74, 6) is 3.41. The summed E-state index contributed by atoms with van der Waals surface area (Å²) in [5, 5.41) is 3.45. The zero-order valence-electron chi connectivity index (χ0n) is 15.3. The van der Waals surface area contributed by atoms with Crippen LogP contribution in [0.15, 0.2) is 23.2 Å². The van der Waals surface area contributed by atoms with Crippen LogP contribution < -0.4 is 14.8 Å². The van der Waals surface area contributed by atoms with Crippen LogP contribution in [0.2, 0.25) is 0 Å². The van der Waals surface area contributed by atoms with Crippen LogP contribution in [0.25, 0.3) is 0 Å². The van der Waals surface area contributed by atoms with Crippen LogP contribution in [0.4, 0.5) is 0 Å². The summed E-state index contributed by atoms with van der Waals surface area (Å²) >= 11 is 0. The Hall–Kier alpha value is -1.95. The normalized spacial score (nSPS) is 17.6. The van der Waals surface area contributed by atoms with Gasteiger partial charge < -0.3 is 24.4 Å². The van der Waals surface area contributed by atoms with E-state index in [4.69, 9.17) is 14.2 Å². The summed E-state index contributed by atoms with van der Waals surface area (Å²) < 4.78 is 16.2. The van der Waals surface area contributed by atoms with E-state index in [0.29, 0.717) is 6.79 Å². The second-order valence-corrected chi connectivity index (χ2v) is 6.68. The molecule has 1 aromatic carbocycles. The number of rotatable bonds is 6. The molecule has 2 aliphatic rings. The average Bonchev–Trinajstić information content (AvgIpc) is 3.12. The van der Waals surface area contributed by atoms with Gasteiger partial charge in [0.05, 0.1) is 0 Å². The second-order valence-electron chi connectivity index (χ2n) is 6.68. The summed E-state index contributed by atoms with van der Waals surface area (Å²) in [6.45, 7) is 4.01. The van der Waals surface area contributed by atoms with Crippen LogP contribution in [-0.2, 0) is 11.2 Å². The van der Waals surface area contributed by atoms with Crippen molar-refractivity contribution in [1.82, 2.24) is 10.2 Å². The Bertz CT molecular complexity index is 585. The largest absolute Gasteiger partial charge is 0.454 e. The number of nitrogens with zero attached hydrogens (tertiary/aromatic N) is 2. The first kappa shape index (κ1) is 17.9. The van der Waals surface area contributed by atoms with E-state index in [1.165, 1.54) is 24.8 Å². The molecule has 2 aliphatic heterocycles. The number of benzene rings is 1. The Morgan fingerprint density at radius 2 is 2.04 bits per heavy atom. The quantitative estimate of drug-likeness (QED) is 0.632. The number of guanidine groups is 1. The van der Waals surface area contributed by atoms with Gasteiger partial charge in [0.1, 0.15) is 0 Å². The topological polar surface area (TPSA) is 55.3 Å². The van der Waals surface area contributed by atoms with Crippen molar-refractivity contribution < 1.29 is 14.2 Å². The SMILES string of the molecule is CN=C(NCCc1ccc2c(c1)OCO2)N(C)CCC1CCOCC1. The third-order valence-electron chi connectivity index (χ3n) is 4.92. The average molecular weight is 347 g/mol. The lowest BCUT2D eigenvalue weighted by Gasteiger charge is -2.26. The Kier molecular flexibility index (Phi) is 6.39. The molecule has 6 heteroatoms. The number of hydrogen-bond acceptors (Lipinski definition) is 4. The van der Waals surface area contributed by atoms with Crippen molar-refractivity contribution in [2.75, 3.05) is 47.2 Å². The van der Waals surface area contributed by atoms with Crippen molar-refractivity contribution >= 4 is 5.96 Å². The van der Waals surface area contributed by atoms with Crippen LogP contribution in [0, 0.1) is 5.92 Å². The molecule has 25 heavy (non-hydrogen) atoms. The highest BCUT2D eigenvalue weighted by molar-refractivity contribution is 5.79. The Labute approximate surface area is 150 Å². The van der Waals surface area contributed by atoms with E-state index in [1.54, 1.807) is 0 Å². The van der Waals surface area contributed by atoms with E-state index in [0.717, 1.165) is 56.1 Å². The van der Waals surface area contributed by atoms with E-state index in [-0.39, 0.29) is 0 Å². The van der Waals surface area contributed by atoms with Gasteiger partial charge in [0, 0.05) is 40.4 Å². The maximum Gasteiger partial charge on any atom is 0.231 e. The fourth-order valence-corrected chi connectivity index (χ4v) is 3.32. The first-order valence-corrected chi connectivity index (χ1v) is 9.14. The Morgan fingerprint density at radius 3 is 2.84 bits per heavy atom. The molecule has 1 N–H and O–H groups in total. The van der Waals surface area contributed by atoms with E-state index in [9.17, 15) is 0 Å². The monoisotopic (exact) mass is 347 g/mol. The van der Waals surface area contributed by atoms with Crippen LogP contribution >= 0.6 is 0 Å². The molecule has 2 heterocycles. The fourth-order valence-electron chi connectivity index (χ4n) is 3.32. The van der Waals surface area contributed by atoms with Gasteiger partial charge in [0.2, 0.25) is 6.79 Å². The van der Waals surface area contributed by atoms with E-state index >= 15 is 0 Å². The Balaban J connectivity index is 1.40. The fraction of sp³-hybridized carbons (Fsp3) is 0.632. The standard InChI is InChI=1S/C19H29N3O3/c1-20-19(22(2)10-6-15-7-11-23-12-8-15)21-9-5-16-3-4-17-18(13-16)25-14-24-17/h3-4,13,15H,5-12,14H2,1-2H3,(H,20,21). The number of hydrogen-bond donors (Lipinski definition) is 1. The van der Waals surface area contributed by atoms with Crippen LogP contribution in [0.3, 0.4) is 0 Å². The third-order valence-corrected chi connectivity index (χ3v) is 4.92. The summed E-state index contributed by atoms with van der Waals surface area (Å²) in [5.41, 5.74) is 1.23. The maximum atomic E-state index is 5.43. The summed E-state index contributed by atoms with van der Waals surface area (Å²) in [7, 11) is 3.95. The number of ether oxygens (including phenoxy) is 3. The second kappa shape index (κ2) is 8.94. The van der Waals surface area contributed by atoms with Crippen molar-refractivity contribution in [1.29, 1.82) is 0 Å². The highest BCUT2D eigenvalue weighted by atomic mass is 16.7. The van der Waals surface area contributed by atoms with Crippen molar-refractivity contribution in [3.63, 3.8) is 0 Å². The molecule has 0 spiro atoms. The minimum Gasteiger partial charge on any atom is -0.454 e. The van der Waals surface area contributed by atoms with Gasteiger partial charge in [-0.05, 0) is 49.3 Å². The molecule has 0 atom stereocenters. The lowest BCUT2D eigenvalue weighted by molar-refractivity contribution is 0.0625. The molecule has 1 aromatic rings. The highest BCUT2D eigenvalue weighted by Gasteiger charge is 2.16. The van der Waals surface area contributed by atoms with Crippen molar-refractivity contribution in [3.05, 3.63) is 23.8 Å². The Morgan fingerprint density at radius 1 is 1.24 bits per heavy atom. The van der Waals surface area contributed by atoms with Crippen LogP contribution in [-0.4, -0.2) is 58.1 Å². The molecule has 3 rings (SSSR count). The molecule has 0 unspecified atom stereocenters. The predicted octanol–water partition coefficient (Wildman–Crippen LogP) is 2.28. The number of aliphatic imine (C=N–C) groups is 1. The molecule has 6 nitrogen and oxygen atoms in total. The lowest BCUT2D eigenvalue weighted by Crippen LogP contribution is -2.40. The van der Waals surface area contributed by atoms with Gasteiger partial charge in [-0.3, -0.25) is 4.99 Å². The molecule has 0 aromatic heterocycles. The van der Waals surface area contributed by atoms with Gasteiger partial charge in [-0.2, -0.15) is 0 Å². The summed E-state index contributed by atoms with van der Waals surface area (Å²) in [6, 6.07) is 6.13. The third kappa shape index (κ3) is 5.01. The minimum atomic E-state index is 0.321. The molecule has 0 bridgehead atoms. The predicted molar refractivity (Wildman–Crippen MR) is 98.4 cm³/mol. The van der Waals surface area contributed by atoms with Crippen molar-refractivity contribution in [2.24, 2.45) is 10.9 Å². The molecule has 0 radical (unpaired) electrons. The molecule has 1 fully saturated rings. The summed E-state index contributed by atoms with van der Waals surface area (Å²) in [6.07, 6.45) is 4.49. The molecular formula is C19H29N3O3. The molecular weight excluding hydrogens is 318 g/mol. The first-order valence-electron chi connectivity index (χ1n) is 9.14. The minimum absolute atomic E-state index is 0.321. The number of fused-ring (bicyclic) bond motifs is 1. The molecule has 0 saturated carbocycles. The van der Waals surface area contributed by atoms with E-state index < -0.39 is 0 Å². The van der Waals surface area contributed by atoms with Gasteiger partial charge >= 0.3 is 0 Å². The van der Waals surface area contributed by atoms with Gasteiger partial charge in [-0.15, -0.1) is 0 Å². The molecule has 1 saturated heterocycles. The highest BCUT2D eigenvalue weighted by Crippen LogP contribution is 2.32. The lowest BCUT2D eigenvalue weighted by atomic mass is 9.96. The van der Waals surface area contributed by atoms with Crippen molar-refractivity contribution in [2.45, 2.75) is 25.7 Å². The van der Waals surface area contributed by atoms with E-state index in [1.807, 2.05) is 13.1 Å².